The number of hydrogen-bond acceptors (Lipinski definition) is 2. The lowest BCUT2D eigenvalue weighted by Crippen LogP contribution is -2.22. The van der Waals surface area contributed by atoms with Crippen molar-refractivity contribution in [3.8, 4) is 0 Å². The number of hydrogen-bond donors (Lipinski definition) is 0. The van der Waals surface area contributed by atoms with Gasteiger partial charge in [0.05, 0.1) is 12.0 Å². The summed E-state index contributed by atoms with van der Waals surface area (Å²) in [6.45, 7) is 6.45. The highest BCUT2D eigenvalue weighted by molar-refractivity contribution is 5.90. The summed E-state index contributed by atoms with van der Waals surface area (Å²) in [7, 11) is 0. The molecule has 12 heavy (non-hydrogen) atoms. The summed E-state index contributed by atoms with van der Waals surface area (Å²) in [6.07, 6.45) is 1.13. The third-order valence-corrected chi connectivity index (χ3v) is 4.12. The highest BCUT2D eigenvalue weighted by Crippen LogP contribution is 2.78. The molecule has 3 fully saturated rings. The van der Waals surface area contributed by atoms with Crippen molar-refractivity contribution in [3.05, 3.63) is 0 Å². The quantitative estimate of drug-likeness (QED) is 0.509. The molecule has 0 radical (unpaired) electrons. The first-order chi connectivity index (χ1) is 5.52. The van der Waals surface area contributed by atoms with Crippen molar-refractivity contribution in [1.29, 1.82) is 0 Å². The maximum atomic E-state index is 11.6. The van der Waals surface area contributed by atoms with Gasteiger partial charge in [-0.2, -0.15) is 0 Å². The van der Waals surface area contributed by atoms with Crippen LogP contribution in [-0.4, -0.2) is 17.5 Å². The summed E-state index contributed by atoms with van der Waals surface area (Å²) in [4.78, 5) is 11.6. The summed E-state index contributed by atoms with van der Waals surface area (Å²) >= 11 is 0. The van der Waals surface area contributed by atoms with Gasteiger partial charge in [0.15, 0.2) is 0 Å². The molecular formula is C10H14O2. The van der Waals surface area contributed by atoms with Crippen LogP contribution < -0.4 is 0 Å². The molecule has 3 aliphatic rings. The fraction of sp³-hybridized carbons (Fsp3) is 0.900. The first-order valence-corrected chi connectivity index (χ1v) is 4.72. The second kappa shape index (κ2) is 1.50. The van der Waals surface area contributed by atoms with Gasteiger partial charge in [-0.05, 0) is 5.92 Å². The van der Waals surface area contributed by atoms with Crippen LogP contribution >= 0.6 is 0 Å². The van der Waals surface area contributed by atoms with Crippen molar-refractivity contribution in [2.24, 2.45) is 17.3 Å². The average molecular weight is 166 g/mol. The Kier molecular flexibility index (Phi) is 0.885. The number of ketones is 1. The minimum atomic E-state index is 0.00174. The van der Waals surface area contributed by atoms with Crippen molar-refractivity contribution in [1.82, 2.24) is 0 Å². The summed E-state index contributed by atoms with van der Waals surface area (Å²) in [5.41, 5.74) is 0.140. The van der Waals surface area contributed by atoms with Gasteiger partial charge in [-0.1, -0.05) is 20.8 Å². The molecule has 2 saturated carbocycles. The lowest BCUT2D eigenvalue weighted by Gasteiger charge is -2.09. The van der Waals surface area contributed by atoms with E-state index >= 15 is 0 Å². The molecule has 1 aliphatic heterocycles. The number of ether oxygens (including phenoxy) is 1. The van der Waals surface area contributed by atoms with Crippen LogP contribution in [0.15, 0.2) is 0 Å². The molecule has 0 N–H and O–H groups in total. The van der Waals surface area contributed by atoms with Crippen molar-refractivity contribution in [3.63, 3.8) is 0 Å². The first kappa shape index (κ1) is 7.07. The minimum absolute atomic E-state index is 0.00174. The second-order valence-corrected chi connectivity index (χ2v) is 5.13. The Morgan fingerprint density at radius 1 is 1.50 bits per heavy atom. The summed E-state index contributed by atoms with van der Waals surface area (Å²) in [5, 5.41) is 0. The fourth-order valence-electron chi connectivity index (χ4n) is 3.41. The molecule has 66 valence electrons. The van der Waals surface area contributed by atoms with Crippen molar-refractivity contribution in [2.75, 3.05) is 0 Å². The van der Waals surface area contributed by atoms with Gasteiger partial charge in [-0.25, -0.2) is 0 Å². The third-order valence-electron chi connectivity index (χ3n) is 4.12. The summed E-state index contributed by atoms with van der Waals surface area (Å²) < 4.78 is 5.72. The molecule has 1 heterocycles. The van der Waals surface area contributed by atoms with E-state index in [1.54, 1.807) is 0 Å². The Balaban J connectivity index is 2.02. The zero-order valence-corrected chi connectivity index (χ0v) is 7.76. The van der Waals surface area contributed by atoms with E-state index in [2.05, 4.69) is 20.8 Å². The molecule has 3 rings (SSSR count). The number of carbonyl (C=O) groups excluding carboxylic acids is 1. The Morgan fingerprint density at radius 2 is 2.17 bits per heavy atom. The standard InChI is InChI=1S/C10H14O2/c1-5-4-6(11)7-9(2,3)10(7)8(5)12-10/h5,7-8H,4H2,1-3H3. The van der Waals surface area contributed by atoms with Crippen molar-refractivity contribution in [2.45, 2.75) is 38.9 Å². The van der Waals surface area contributed by atoms with Crippen LogP contribution in [0.4, 0.5) is 0 Å². The molecule has 2 heteroatoms. The topological polar surface area (TPSA) is 29.6 Å². The molecule has 4 atom stereocenters. The van der Waals surface area contributed by atoms with Crippen LogP contribution in [0.2, 0.25) is 0 Å². The lowest BCUT2D eigenvalue weighted by molar-refractivity contribution is -0.122. The number of Topliss-reactive ketones (excluding diaryl/α,β-unsaturated/α-hetero) is 1. The minimum Gasteiger partial charge on any atom is -0.364 e. The predicted octanol–water partition coefficient (Wildman–Crippen LogP) is 1.39. The van der Waals surface area contributed by atoms with E-state index in [-0.39, 0.29) is 16.9 Å². The van der Waals surface area contributed by atoms with E-state index in [9.17, 15) is 4.79 Å². The first-order valence-electron chi connectivity index (χ1n) is 4.72. The average Bonchev–Trinajstić information content (AvgIpc) is 2.71. The highest BCUT2D eigenvalue weighted by Gasteiger charge is 2.89. The van der Waals surface area contributed by atoms with Gasteiger partial charge >= 0.3 is 0 Å². The Hall–Kier alpha value is -0.370. The van der Waals surface area contributed by atoms with E-state index in [0.29, 0.717) is 17.8 Å². The molecule has 0 bridgehead atoms. The number of carbonyl (C=O) groups is 1. The molecular weight excluding hydrogens is 152 g/mol. The van der Waals surface area contributed by atoms with Gasteiger partial charge in [-0.3, -0.25) is 4.79 Å². The third kappa shape index (κ3) is 0.457. The van der Waals surface area contributed by atoms with Crippen molar-refractivity contribution < 1.29 is 9.53 Å². The zero-order valence-electron chi connectivity index (χ0n) is 7.76. The van der Waals surface area contributed by atoms with Crippen LogP contribution in [0.5, 0.6) is 0 Å². The maximum Gasteiger partial charge on any atom is 0.140 e. The van der Waals surface area contributed by atoms with Crippen LogP contribution in [0.3, 0.4) is 0 Å². The zero-order chi connectivity index (χ0) is 8.72. The van der Waals surface area contributed by atoms with E-state index in [1.165, 1.54) is 0 Å². The molecule has 0 aromatic rings. The van der Waals surface area contributed by atoms with Crippen LogP contribution in [0.1, 0.15) is 27.2 Å². The maximum absolute atomic E-state index is 11.6. The van der Waals surface area contributed by atoms with Crippen LogP contribution in [0.25, 0.3) is 0 Å². The molecule has 2 aliphatic carbocycles. The monoisotopic (exact) mass is 166 g/mol. The molecule has 0 aromatic heterocycles. The fourth-order valence-corrected chi connectivity index (χ4v) is 3.41. The lowest BCUT2D eigenvalue weighted by atomic mass is 9.90. The molecule has 1 saturated heterocycles. The van der Waals surface area contributed by atoms with E-state index in [0.717, 1.165) is 6.42 Å². The molecule has 4 unspecified atom stereocenters. The summed E-state index contributed by atoms with van der Waals surface area (Å²) in [6, 6.07) is 0. The van der Waals surface area contributed by atoms with Gasteiger partial charge < -0.3 is 4.74 Å². The van der Waals surface area contributed by atoms with E-state index in [4.69, 9.17) is 4.74 Å². The smallest absolute Gasteiger partial charge is 0.140 e. The molecule has 0 aromatic carbocycles. The van der Waals surface area contributed by atoms with Gasteiger partial charge in [0.2, 0.25) is 0 Å². The highest BCUT2D eigenvalue weighted by atomic mass is 16.6. The largest absolute Gasteiger partial charge is 0.364 e. The SMILES string of the molecule is CC1CC(=O)C2C(C)(C)C23OC13. The van der Waals surface area contributed by atoms with Gasteiger partial charge in [0.25, 0.3) is 0 Å². The number of epoxide rings is 1. The van der Waals surface area contributed by atoms with Crippen LogP contribution in [-0.2, 0) is 9.53 Å². The summed E-state index contributed by atoms with van der Waals surface area (Å²) in [5.74, 6) is 1.11. The van der Waals surface area contributed by atoms with E-state index < -0.39 is 0 Å². The van der Waals surface area contributed by atoms with E-state index in [1.807, 2.05) is 0 Å². The van der Waals surface area contributed by atoms with Gasteiger partial charge in [-0.15, -0.1) is 0 Å². The van der Waals surface area contributed by atoms with Gasteiger partial charge in [0.1, 0.15) is 11.4 Å². The predicted molar refractivity (Wildman–Crippen MR) is 43.7 cm³/mol. The second-order valence-electron chi connectivity index (χ2n) is 5.13. The normalized spacial score (nSPS) is 58.9. The Bertz CT molecular complexity index is 282. The Labute approximate surface area is 72.3 Å². The van der Waals surface area contributed by atoms with Gasteiger partial charge in [0, 0.05) is 11.8 Å². The Morgan fingerprint density at radius 3 is 2.83 bits per heavy atom. The van der Waals surface area contributed by atoms with Crippen LogP contribution in [0, 0.1) is 17.3 Å². The molecule has 0 amide bonds. The van der Waals surface area contributed by atoms with Crippen molar-refractivity contribution >= 4 is 5.78 Å². The number of rotatable bonds is 0. The molecule has 1 spiro atoms. The molecule has 2 nitrogen and oxygen atoms in total.